The van der Waals surface area contributed by atoms with Gasteiger partial charge in [-0.05, 0) is 61.0 Å². The molecule has 3 aromatic carbocycles. The lowest BCUT2D eigenvalue weighted by Gasteiger charge is -2.19. The number of rotatable bonds is 6. The number of amides is 1. The summed E-state index contributed by atoms with van der Waals surface area (Å²) in [6.45, 7) is 2.65. The molecule has 3 aromatic rings. The quantitative estimate of drug-likeness (QED) is 0.587. The molecule has 1 aliphatic rings. The molecule has 166 valence electrons. The molecule has 0 bridgehead atoms. The minimum absolute atomic E-state index is 0.0220. The van der Waals surface area contributed by atoms with Crippen molar-refractivity contribution in [1.82, 2.24) is 0 Å². The molecule has 2 N–H and O–H groups in total. The summed E-state index contributed by atoms with van der Waals surface area (Å²) >= 11 is 0. The van der Waals surface area contributed by atoms with Crippen LogP contribution in [0.25, 0.3) is 0 Å². The summed E-state index contributed by atoms with van der Waals surface area (Å²) in [6, 6.07) is 16.0. The second-order valence-electron chi connectivity index (χ2n) is 7.12. The molecule has 0 aliphatic carbocycles. The third kappa shape index (κ3) is 4.62. The summed E-state index contributed by atoms with van der Waals surface area (Å²) in [5.41, 5.74) is 1.79. The molecule has 9 heteroatoms. The van der Waals surface area contributed by atoms with E-state index in [9.17, 15) is 13.2 Å². The van der Waals surface area contributed by atoms with E-state index in [-0.39, 0.29) is 10.5 Å². The zero-order valence-electron chi connectivity index (χ0n) is 17.5. The Hall–Kier alpha value is -3.72. The topological polar surface area (TPSA) is 103 Å². The minimum atomic E-state index is -3.90. The van der Waals surface area contributed by atoms with Crippen LogP contribution in [0.4, 0.5) is 11.4 Å². The van der Waals surface area contributed by atoms with Crippen LogP contribution in [0.15, 0.2) is 65.6 Å². The second-order valence-corrected chi connectivity index (χ2v) is 8.81. The van der Waals surface area contributed by atoms with Crippen molar-refractivity contribution in [2.75, 3.05) is 30.4 Å². The van der Waals surface area contributed by atoms with Gasteiger partial charge in [-0.15, -0.1) is 0 Å². The van der Waals surface area contributed by atoms with Crippen LogP contribution >= 0.6 is 0 Å². The molecule has 0 saturated carbocycles. The van der Waals surface area contributed by atoms with Gasteiger partial charge in [-0.3, -0.25) is 9.52 Å². The fraction of sp³-hybridized carbons (Fsp3) is 0.174. The van der Waals surface area contributed by atoms with Gasteiger partial charge in [0, 0.05) is 23.0 Å². The highest BCUT2D eigenvalue weighted by Crippen LogP contribution is 2.33. The van der Waals surface area contributed by atoms with E-state index in [0.29, 0.717) is 47.4 Å². The lowest BCUT2D eigenvalue weighted by atomic mass is 10.1. The third-order valence-corrected chi connectivity index (χ3v) is 6.29. The summed E-state index contributed by atoms with van der Waals surface area (Å²) < 4.78 is 44.3. The predicted molar refractivity (Wildman–Crippen MR) is 120 cm³/mol. The van der Waals surface area contributed by atoms with Crippen molar-refractivity contribution in [3.8, 4) is 17.2 Å². The Balaban J connectivity index is 1.55. The summed E-state index contributed by atoms with van der Waals surface area (Å²) in [4.78, 5) is 12.9. The normalized spacial score (nSPS) is 12.7. The number of carbonyl (C=O) groups excluding carboxylic acids is 1. The summed E-state index contributed by atoms with van der Waals surface area (Å²) in [6.07, 6.45) is 0. The molecule has 1 aliphatic heterocycles. The summed E-state index contributed by atoms with van der Waals surface area (Å²) in [5.74, 6) is 1.34. The number of hydrogen-bond acceptors (Lipinski definition) is 6. The van der Waals surface area contributed by atoms with Gasteiger partial charge in [0.2, 0.25) is 0 Å². The molecule has 0 aromatic heterocycles. The first kappa shape index (κ1) is 21.5. The Morgan fingerprint density at radius 1 is 0.906 bits per heavy atom. The zero-order chi connectivity index (χ0) is 22.7. The van der Waals surface area contributed by atoms with Crippen LogP contribution in [0.3, 0.4) is 0 Å². The van der Waals surface area contributed by atoms with Gasteiger partial charge >= 0.3 is 0 Å². The van der Waals surface area contributed by atoms with Gasteiger partial charge in [0.1, 0.15) is 19.0 Å². The van der Waals surface area contributed by atoms with Crippen molar-refractivity contribution in [2.45, 2.75) is 11.8 Å². The molecule has 0 radical (unpaired) electrons. The number of hydrogen-bond donors (Lipinski definition) is 2. The van der Waals surface area contributed by atoms with E-state index in [0.717, 1.165) is 0 Å². The highest BCUT2D eigenvalue weighted by molar-refractivity contribution is 7.92. The van der Waals surface area contributed by atoms with Crippen LogP contribution in [-0.2, 0) is 10.0 Å². The van der Waals surface area contributed by atoms with Crippen molar-refractivity contribution in [3.63, 3.8) is 0 Å². The molecule has 1 amide bonds. The van der Waals surface area contributed by atoms with Gasteiger partial charge in [-0.2, -0.15) is 0 Å². The SMILES string of the molecule is COc1ccc(NS(=O)(=O)c2ccc(C)c(C(=O)Nc3ccc4c(c3)OCCO4)c2)cc1. The Morgan fingerprint density at radius 2 is 1.59 bits per heavy atom. The average molecular weight is 455 g/mol. The highest BCUT2D eigenvalue weighted by atomic mass is 32.2. The molecule has 0 saturated heterocycles. The molecular weight excluding hydrogens is 432 g/mol. The van der Waals surface area contributed by atoms with Crippen molar-refractivity contribution in [1.29, 1.82) is 0 Å². The fourth-order valence-corrected chi connectivity index (χ4v) is 4.29. The largest absolute Gasteiger partial charge is 0.497 e. The van der Waals surface area contributed by atoms with Crippen molar-refractivity contribution >= 4 is 27.3 Å². The maximum Gasteiger partial charge on any atom is 0.261 e. The van der Waals surface area contributed by atoms with Crippen LogP contribution in [0, 0.1) is 6.92 Å². The van der Waals surface area contributed by atoms with Gasteiger partial charge < -0.3 is 19.5 Å². The monoisotopic (exact) mass is 454 g/mol. The second kappa shape index (κ2) is 8.80. The lowest BCUT2D eigenvalue weighted by molar-refractivity contribution is 0.102. The number of fused-ring (bicyclic) bond motifs is 1. The number of aryl methyl sites for hydroxylation is 1. The molecular formula is C23H22N2O6S. The van der Waals surface area contributed by atoms with Gasteiger partial charge in [0.05, 0.1) is 12.0 Å². The minimum Gasteiger partial charge on any atom is -0.497 e. The van der Waals surface area contributed by atoms with Crippen LogP contribution in [0.2, 0.25) is 0 Å². The van der Waals surface area contributed by atoms with Crippen molar-refractivity contribution in [3.05, 3.63) is 71.8 Å². The van der Waals surface area contributed by atoms with Gasteiger partial charge in [-0.1, -0.05) is 6.07 Å². The lowest BCUT2D eigenvalue weighted by Crippen LogP contribution is -2.18. The van der Waals surface area contributed by atoms with Gasteiger partial charge in [0.25, 0.3) is 15.9 Å². The van der Waals surface area contributed by atoms with E-state index in [1.807, 2.05) is 0 Å². The van der Waals surface area contributed by atoms with E-state index < -0.39 is 15.9 Å². The maximum absolute atomic E-state index is 12.9. The first-order valence-electron chi connectivity index (χ1n) is 9.84. The Labute approximate surface area is 186 Å². The average Bonchev–Trinajstić information content (AvgIpc) is 2.79. The van der Waals surface area contributed by atoms with Crippen LogP contribution in [-0.4, -0.2) is 34.6 Å². The zero-order valence-corrected chi connectivity index (χ0v) is 18.4. The molecule has 0 atom stereocenters. The molecule has 32 heavy (non-hydrogen) atoms. The summed E-state index contributed by atoms with van der Waals surface area (Å²) in [5, 5.41) is 2.79. The molecule has 0 spiro atoms. The molecule has 1 heterocycles. The standard InChI is InChI=1S/C23H22N2O6S/c1-15-3-9-19(32(27,28)25-16-4-7-18(29-2)8-5-16)14-20(15)23(26)24-17-6-10-21-22(13-17)31-12-11-30-21/h3-10,13-14,25H,11-12H2,1-2H3,(H,24,26). The highest BCUT2D eigenvalue weighted by Gasteiger charge is 2.19. The van der Waals surface area contributed by atoms with Crippen molar-refractivity contribution < 1.29 is 27.4 Å². The third-order valence-electron chi connectivity index (χ3n) is 4.91. The predicted octanol–water partition coefficient (Wildman–Crippen LogP) is 3.83. The van der Waals surface area contributed by atoms with E-state index >= 15 is 0 Å². The van der Waals surface area contributed by atoms with Gasteiger partial charge in [-0.25, -0.2) is 8.42 Å². The smallest absolute Gasteiger partial charge is 0.261 e. The van der Waals surface area contributed by atoms with E-state index in [4.69, 9.17) is 14.2 Å². The number of methoxy groups -OCH3 is 1. The number of carbonyl (C=O) groups is 1. The molecule has 8 nitrogen and oxygen atoms in total. The Kier molecular flexibility index (Phi) is 5.91. The molecule has 0 unspecified atom stereocenters. The maximum atomic E-state index is 12.9. The Morgan fingerprint density at radius 3 is 2.31 bits per heavy atom. The number of sulfonamides is 1. The molecule has 4 rings (SSSR count). The van der Waals surface area contributed by atoms with Crippen molar-refractivity contribution in [2.24, 2.45) is 0 Å². The fourth-order valence-electron chi connectivity index (χ4n) is 3.21. The van der Waals surface area contributed by atoms with Crippen LogP contribution in [0.1, 0.15) is 15.9 Å². The van der Waals surface area contributed by atoms with E-state index in [1.54, 1.807) is 55.5 Å². The number of anilines is 2. The first-order valence-corrected chi connectivity index (χ1v) is 11.3. The van der Waals surface area contributed by atoms with Crippen LogP contribution in [0.5, 0.6) is 17.2 Å². The van der Waals surface area contributed by atoms with Gasteiger partial charge in [0.15, 0.2) is 11.5 Å². The molecule has 0 fully saturated rings. The van der Waals surface area contributed by atoms with E-state index in [1.165, 1.54) is 19.2 Å². The first-order chi connectivity index (χ1) is 15.4. The number of benzene rings is 3. The van der Waals surface area contributed by atoms with Crippen LogP contribution < -0.4 is 24.2 Å². The number of nitrogens with one attached hydrogen (secondary N) is 2. The summed E-state index contributed by atoms with van der Waals surface area (Å²) in [7, 11) is -2.37. The van der Waals surface area contributed by atoms with E-state index in [2.05, 4.69) is 10.0 Å². The Bertz CT molecular complexity index is 1260. The number of ether oxygens (including phenoxy) is 3.